The van der Waals surface area contributed by atoms with Crippen LogP contribution < -0.4 is 10.9 Å². The fraction of sp³-hybridized carbons (Fsp3) is 0.611. The monoisotopic (exact) mass is 472 g/mol. The van der Waals surface area contributed by atoms with Gasteiger partial charge in [-0.05, 0) is 33.2 Å². The SMILES string of the molecule is C=C/C(=C\N(N)c1c(C(C)(F)F)c(C(F)(F)C(F)(F)F)nn1C)B1OC(C)(C)C(C)(C)O1. The molecule has 1 aromatic rings. The summed E-state index contributed by atoms with van der Waals surface area (Å²) in [4.78, 5) is 0. The van der Waals surface area contributed by atoms with E-state index in [1.54, 1.807) is 27.7 Å². The molecule has 1 fully saturated rings. The van der Waals surface area contributed by atoms with Gasteiger partial charge in [-0.15, -0.1) is 0 Å². The van der Waals surface area contributed by atoms with Crippen molar-refractivity contribution < 1.29 is 40.0 Å². The summed E-state index contributed by atoms with van der Waals surface area (Å²) in [5.74, 6) is -4.85. The minimum Gasteiger partial charge on any atom is -0.399 e. The topological polar surface area (TPSA) is 65.5 Å². The van der Waals surface area contributed by atoms with Gasteiger partial charge in [0.1, 0.15) is 0 Å². The van der Waals surface area contributed by atoms with Crippen molar-refractivity contribution in [2.24, 2.45) is 12.9 Å². The van der Waals surface area contributed by atoms with Crippen LogP contribution in [0.4, 0.5) is 36.6 Å². The van der Waals surface area contributed by atoms with Crippen molar-refractivity contribution in [1.29, 1.82) is 0 Å². The van der Waals surface area contributed by atoms with Crippen LogP contribution in [0.5, 0.6) is 0 Å². The molecular formula is C18H24BF7N4O2. The molecule has 0 saturated carbocycles. The smallest absolute Gasteiger partial charge is 0.399 e. The summed E-state index contributed by atoms with van der Waals surface area (Å²) in [6, 6.07) is 0. The Morgan fingerprint density at radius 2 is 1.56 bits per heavy atom. The number of aromatic nitrogens is 2. The number of allylic oxidation sites excluding steroid dienone is 2. The lowest BCUT2D eigenvalue weighted by Gasteiger charge is -2.32. The third-order valence-corrected chi connectivity index (χ3v) is 5.40. The third-order valence-electron chi connectivity index (χ3n) is 5.40. The van der Waals surface area contributed by atoms with Gasteiger partial charge in [0, 0.05) is 20.2 Å². The van der Waals surface area contributed by atoms with Gasteiger partial charge in [0.15, 0.2) is 11.5 Å². The molecule has 1 aliphatic rings. The zero-order valence-corrected chi connectivity index (χ0v) is 18.3. The molecule has 0 spiro atoms. The highest BCUT2D eigenvalue weighted by Gasteiger charge is 2.63. The number of hydrogen-bond donors (Lipinski definition) is 1. The number of hydrazine groups is 1. The standard InChI is InChI=1S/C18H24BF7N4O2/c1-8-10(19-31-14(2,3)15(4,5)32-19)9-30(27)13-11(16(6,20)21)12(28-29(13)7)17(22,23)18(24,25)26/h8-9H,1,27H2,2-7H3/b10-9+. The lowest BCUT2D eigenvalue weighted by atomic mass is 9.79. The summed E-state index contributed by atoms with van der Waals surface area (Å²) < 4.78 is 107. The summed E-state index contributed by atoms with van der Waals surface area (Å²) in [6.07, 6.45) is -3.94. The number of rotatable bonds is 6. The van der Waals surface area contributed by atoms with E-state index in [1.807, 2.05) is 0 Å². The summed E-state index contributed by atoms with van der Waals surface area (Å²) in [5, 5.41) is 3.50. The number of aryl methyl sites for hydroxylation is 1. The van der Waals surface area contributed by atoms with Crippen LogP contribution in [-0.4, -0.2) is 34.3 Å². The highest BCUT2D eigenvalue weighted by molar-refractivity contribution is 6.55. The van der Waals surface area contributed by atoms with E-state index < -0.39 is 53.4 Å². The van der Waals surface area contributed by atoms with Crippen molar-refractivity contribution in [3.8, 4) is 0 Å². The van der Waals surface area contributed by atoms with Crippen LogP contribution in [-0.2, 0) is 28.2 Å². The van der Waals surface area contributed by atoms with Gasteiger partial charge >= 0.3 is 19.2 Å². The lowest BCUT2D eigenvalue weighted by Crippen LogP contribution is -2.41. The number of nitrogens with two attached hydrogens (primary N) is 1. The van der Waals surface area contributed by atoms with Crippen LogP contribution in [0.15, 0.2) is 24.3 Å². The van der Waals surface area contributed by atoms with Crippen molar-refractivity contribution in [3.05, 3.63) is 35.6 Å². The van der Waals surface area contributed by atoms with Gasteiger partial charge in [-0.1, -0.05) is 12.7 Å². The Balaban J connectivity index is 2.61. The first-order valence-corrected chi connectivity index (χ1v) is 9.31. The van der Waals surface area contributed by atoms with Crippen LogP contribution in [0, 0.1) is 0 Å². The number of hydrogen-bond acceptors (Lipinski definition) is 5. The van der Waals surface area contributed by atoms with Gasteiger partial charge in [-0.25, -0.2) is 14.6 Å². The van der Waals surface area contributed by atoms with Gasteiger partial charge in [0.2, 0.25) is 0 Å². The van der Waals surface area contributed by atoms with E-state index in [0.717, 1.165) is 13.2 Å². The van der Waals surface area contributed by atoms with E-state index >= 15 is 0 Å². The van der Waals surface area contributed by atoms with Gasteiger partial charge in [-0.2, -0.15) is 27.1 Å². The number of halogens is 7. The zero-order chi connectivity index (χ0) is 25.1. The molecule has 0 aliphatic carbocycles. The Morgan fingerprint density at radius 3 is 1.94 bits per heavy atom. The summed E-state index contributed by atoms with van der Waals surface area (Å²) >= 11 is 0. The predicted octanol–water partition coefficient (Wildman–Crippen LogP) is 4.57. The number of nitrogens with zero attached hydrogens (tertiary/aromatic N) is 3. The molecule has 1 saturated heterocycles. The van der Waals surface area contributed by atoms with Gasteiger partial charge < -0.3 is 9.31 Å². The Kier molecular flexibility index (Phi) is 6.36. The maximum Gasteiger partial charge on any atom is 0.496 e. The molecule has 0 aromatic carbocycles. The van der Waals surface area contributed by atoms with E-state index in [4.69, 9.17) is 15.2 Å². The van der Waals surface area contributed by atoms with Crippen molar-refractivity contribution in [1.82, 2.24) is 9.78 Å². The molecular weight excluding hydrogens is 448 g/mol. The van der Waals surface area contributed by atoms with Crippen molar-refractivity contribution in [3.63, 3.8) is 0 Å². The molecule has 1 aromatic heterocycles. The largest absolute Gasteiger partial charge is 0.496 e. The molecule has 2 N–H and O–H groups in total. The molecule has 0 atom stereocenters. The summed E-state index contributed by atoms with van der Waals surface area (Å²) in [5.41, 5.74) is -5.26. The van der Waals surface area contributed by atoms with Gasteiger partial charge in [0.25, 0.3) is 5.92 Å². The zero-order valence-electron chi connectivity index (χ0n) is 18.3. The molecule has 14 heteroatoms. The van der Waals surface area contributed by atoms with Crippen molar-refractivity contribution in [2.75, 3.05) is 5.01 Å². The van der Waals surface area contributed by atoms with Crippen LogP contribution in [0.2, 0.25) is 0 Å². The molecule has 0 radical (unpaired) electrons. The second kappa shape index (κ2) is 7.77. The van der Waals surface area contributed by atoms with Crippen molar-refractivity contribution in [2.45, 2.75) is 63.8 Å². The molecule has 2 rings (SSSR count). The van der Waals surface area contributed by atoms with Crippen LogP contribution in [0.3, 0.4) is 0 Å². The van der Waals surface area contributed by atoms with E-state index in [9.17, 15) is 30.7 Å². The van der Waals surface area contributed by atoms with Crippen LogP contribution in [0.25, 0.3) is 0 Å². The molecule has 2 heterocycles. The fourth-order valence-corrected chi connectivity index (χ4v) is 2.98. The first-order chi connectivity index (χ1) is 14.2. The highest BCUT2D eigenvalue weighted by atomic mass is 19.4. The Morgan fingerprint density at radius 1 is 1.09 bits per heavy atom. The maximum absolute atomic E-state index is 14.3. The normalized spacial score (nSPS) is 19.4. The van der Waals surface area contributed by atoms with E-state index in [1.165, 1.54) is 6.08 Å². The Hall–Kier alpha value is -2.06. The Labute approximate surface area is 180 Å². The molecule has 32 heavy (non-hydrogen) atoms. The van der Waals surface area contributed by atoms with Crippen LogP contribution >= 0.6 is 0 Å². The predicted molar refractivity (Wildman–Crippen MR) is 104 cm³/mol. The average molecular weight is 472 g/mol. The van der Waals surface area contributed by atoms with E-state index in [0.29, 0.717) is 9.69 Å². The first kappa shape index (κ1) is 26.2. The second-order valence-electron chi connectivity index (χ2n) is 8.46. The molecule has 0 amide bonds. The van der Waals surface area contributed by atoms with E-state index in [-0.39, 0.29) is 12.4 Å². The molecule has 6 nitrogen and oxygen atoms in total. The quantitative estimate of drug-likeness (QED) is 0.216. The highest BCUT2D eigenvalue weighted by Crippen LogP contribution is 2.49. The average Bonchev–Trinajstić information content (AvgIpc) is 3.05. The molecule has 180 valence electrons. The fourth-order valence-electron chi connectivity index (χ4n) is 2.98. The molecule has 1 aliphatic heterocycles. The summed E-state index contributed by atoms with van der Waals surface area (Å²) in [7, 11) is -0.144. The van der Waals surface area contributed by atoms with Gasteiger partial charge in [0.05, 0.1) is 16.8 Å². The molecule has 0 bridgehead atoms. The second-order valence-corrected chi connectivity index (χ2v) is 8.46. The van der Waals surface area contributed by atoms with Gasteiger partial charge in [-0.3, -0.25) is 9.69 Å². The first-order valence-electron chi connectivity index (χ1n) is 9.31. The van der Waals surface area contributed by atoms with E-state index in [2.05, 4.69) is 11.7 Å². The summed E-state index contributed by atoms with van der Waals surface area (Å²) in [6.45, 7) is 10.7. The minimum absolute atomic E-state index is 0.113. The van der Waals surface area contributed by atoms with Crippen molar-refractivity contribution >= 4 is 12.9 Å². The number of alkyl halides is 7. The van der Waals surface area contributed by atoms with Crippen LogP contribution in [0.1, 0.15) is 45.9 Å². The molecule has 0 unspecified atom stereocenters. The number of anilines is 1. The Bertz CT molecular complexity index is 904. The third kappa shape index (κ3) is 4.39. The lowest BCUT2D eigenvalue weighted by molar-refractivity contribution is -0.291. The minimum atomic E-state index is -6.15. The maximum atomic E-state index is 14.3.